The zero-order valence-corrected chi connectivity index (χ0v) is 17.9. The number of Topliss-reactive ketones (excluding diaryl/α,β-unsaturated/α-hetero) is 1. The van der Waals surface area contributed by atoms with E-state index in [1.807, 2.05) is 48.2 Å². The van der Waals surface area contributed by atoms with Crippen LogP contribution in [-0.4, -0.2) is 41.3 Å². The van der Waals surface area contributed by atoms with Crippen molar-refractivity contribution in [1.82, 2.24) is 9.88 Å². The lowest BCUT2D eigenvalue weighted by molar-refractivity contribution is 0.0986. The van der Waals surface area contributed by atoms with Crippen LogP contribution in [0.3, 0.4) is 0 Å². The van der Waals surface area contributed by atoms with E-state index in [9.17, 15) is 9.59 Å². The Balaban J connectivity index is 1.37. The van der Waals surface area contributed by atoms with E-state index >= 15 is 0 Å². The number of amides is 2. The maximum Gasteiger partial charge on any atom is 0.325 e. The molecule has 3 heterocycles. The molecule has 0 saturated carbocycles. The number of thiophene rings is 1. The average Bonchev–Trinajstić information content (AvgIpc) is 3.34. The third kappa shape index (κ3) is 4.60. The van der Waals surface area contributed by atoms with E-state index < -0.39 is 0 Å². The minimum atomic E-state index is 0.0292. The summed E-state index contributed by atoms with van der Waals surface area (Å²) in [5.41, 5.74) is 3.24. The monoisotopic (exact) mass is 419 g/mol. The van der Waals surface area contributed by atoms with Crippen molar-refractivity contribution in [1.29, 1.82) is 0 Å². The van der Waals surface area contributed by atoms with Gasteiger partial charge >= 0.3 is 6.03 Å². The van der Waals surface area contributed by atoms with Gasteiger partial charge in [-0.15, -0.1) is 11.3 Å². The lowest BCUT2D eigenvalue weighted by Gasteiger charge is -2.17. The quantitative estimate of drug-likeness (QED) is 0.495. The number of pyridine rings is 1. The van der Waals surface area contributed by atoms with Crippen molar-refractivity contribution in [2.24, 2.45) is 0 Å². The number of hydrogen-bond donors (Lipinski definition) is 0. The number of benzene rings is 1. The highest BCUT2D eigenvalue weighted by Crippen LogP contribution is 2.33. The van der Waals surface area contributed by atoms with Gasteiger partial charge in [0.15, 0.2) is 5.78 Å². The third-order valence-electron chi connectivity index (χ3n) is 5.40. The van der Waals surface area contributed by atoms with E-state index in [0.717, 1.165) is 27.4 Å². The topological polar surface area (TPSA) is 53.5 Å². The van der Waals surface area contributed by atoms with Gasteiger partial charge in [-0.3, -0.25) is 14.7 Å². The highest BCUT2D eigenvalue weighted by Gasteiger charge is 2.31. The second kappa shape index (κ2) is 9.22. The SMILES string of the molecule is Cc1cc(N2CCN(CCc3ccccc3)C2=O)sc1C(=O)CCc1cccnc1. The number of aromatic nitrogens is 1. The summed E-state index contributed by atoms with van der Waals surface area (Å²) in [4.78, 5) is 34.2. The molecule has 1 aliphatic rings. The van der Waals surface area contributed by atoms with Gasteiger partial charge in [0.2, 0.25) is 0 Å². The molecule has 154 valence electrons. The Kier molecular flexibility index (Phi) is 6.23. The number of ketones is 1. The van der Waals surface area contributed by atoms with Crippen LogP contribution in [0.15, 0.2) is 60.9 Å². The molecule has 0 atom stereocenters. The van der Waals surface area contributed by atoms with Crippen molar-refractivity contribution in [3.63, 3.8) is 0 Å². The Hall–Kier alpha value is -2.99. The van der Waals surface area contributed by atoms with Crippen LogP contribution >= 0.6 is 11.3 Å². The summed E-state index contributed by atoms with van der Waals surface area (Å²) in [6, 6.07) is 16.1. The van der Waals surface area contributed by atoms with E-state index in [-0.39, 0.29) is 11.8 Å². The van der Waals surface area contributed by atoms with Crippen LogP contribution in [0.1, 0.15) is 32.8 Å². The molecule has 0 spiro atoms. The first-order valence-corrected chi connectivity index (χ1v) is 11.1. The molecule has 1 aromatic carbocycles. The zero-order valence-electron chi connectivity index (χ0n) is 17.1. The van der Waals surface area contributed by atoms with Gasteiger partial charge in [-0.25, -0.2) is 4.79 Å². The van der Waals surface area contributed by atoms with Crippen molar-refractivity contribution in [2.45, 2.75) is 26.2 Å². The number of nitrogens with zero attached hydrogens (tertiary/aromatic N) is 3. The molecule has 30 heavy (non-hydrogen) atoms. The molecule has 5 nitrogen and oxygen atoms in total. The van der Waals surface area contributed by atoms with Gasteiger partial charge in [0.25, 0.3) is 0 Å². The molecule has 4 rings (SSSR count). The van der Waals surface area contributed by atoms with Gasteiger partial charge < -0.3 is 4.90 Å². The molecule has 3 aromatic rings. The van der Waals surface area contributed by atoms with Crippen molar-refractivity contribution in [3.05, 3.63) is 82.5 Å². The number of rotatable bonds is 8. The second-order valence-electron chi connectivity index (χ2n) is 7.54. The summed E-state index contributed by atoms with van der Waals surface area (Å²) in [5, 5.41) is 0.865. The average molecular weight is 420 g/mol. The number of urea groups is 1. The highest BCUT2D eigenvalue weighted by atomic mass is 32.1. The maximum absolute atomic E-state index is 12.9. The Morgan fingerprint density at radius 1 is 1.07 bits per heavy atom. The number of aryl methyl sites for hydroxylation is 2. The largest absolute Gasteiger partial charge is 0.325 e. The molecule has 1 saturated heterocycles. The molecule has 0 N–H and O–H groups in total. The molecule has 0 unspecified atom stereocenters. The molecule has 2 aromatic heterocycles. The molecule has 6 heteroatoms. The molecule has 1 fully saturated rings. The number of anilines is 1. The Morgan fingerprint density at radius 2 is 1.87 bits per heavy atom. The fourth-order valence-corrected chi connectivity index (χ4v) is 4.86. The first-order valence-electron chi connectivity index (χ1n) is 10.2. The maximum atomic E-state index is 12.9. The van der Waals surface area contributed by atoms with Gasteiger partial charge in [0.1, 0.15) is 0 Å². The number of carbonyl (C=O) groups is 2. The molecule has 0 radical (unpaired) electrons. The molecule has 0 bridgehead atoms. The first-order chi connectivity index (χ1) is 14.6. The predicted molar refractivity (Wildman–Crippen MR) is 120 cm³/mol. The van der Waals surface area contributed by atoms with E-state index in [0.29, 0.717) is 32.5 Å². The fraction of sp³-hybridized carbons (Fsp3) is 0.292. The minimum absolute atomic E-state index is 0.0292. The van der Waals surface area contributed by atoms with Crippen LogP contribution in [0, 0.1) is 6.92 Å². The van der Waals surface area contributed by atoms with Gasteiger partial charge in [0.05, 0.1) is 9.88 Å². The van der Waals surface area contributed by atoms with Gasteiger partial charge in [-0.05, 0) is 48.6 Å². The summed E-state index contributed by atoms with van der Waals surface area (Å²) in [5.74, 6) is 0.125. The Morgan fingerprint density at radius 3 is 2.63 bits per heavy atom. The van der Waals surface area contributed by atoms with Crippen molar-refractivity contribution in [2.75, 3.05) is 24.5 Å². The van der Waals surface area contributed by atoms with E-state index in [2.05, 4.69) is 17.1 Å². The van der Waals surface area contributed by atoms with Crippen LogP contribution < -0.4 is 4.90 Å². The fourth-order valence-electron chi connectivity index (χ4n) is 3.70. The van der Waals surface area contributed by atoms with Crippen LogP contribution in [0.4, 0.5) is 9.80 Å². The lowest BCUT2D eigenvalue weighted by Crippen LogP contribution is -2.32. The summed E-state index contributed by atoms with van der Waals surface area (Å²) in [7, 11) is 0. The summed E-state index contributed by atoms with van der Waals surface area (Å²) < 4.78 is 0. The smallest absolute Gasteiger partial charge is 0.322 e. The number of carbonyl (C=O) groups excluding carboxylic acids is 2. The highest BCUT2D eigenvalue weighted by molar-refractivity contribution is 7.18. The molecule has 0 aliphatic carbocycles. The van der Waals surface area contributed by atoms with E-state index in [4.69, 9.17) is 0 Å². The summed E-state index contributed by atoms with van der Waals surface area (Å²) >= 11 is 1.43. The first kappa shape index (κ1) is 20.3. The van der Waals surface area contributed by atoms with Crippen LogP contribution in [0.25, 0.3) is 0 Å². The number of hydrogen-bond acceptors (Lipinski definition) is 4. The van der Waals surface area contributed by atoms with E-state index in [1.165, 1.54) is 16.9 Å². The third-order valence-corrected chi connectivity index (χ3v) is 6.70. The predicted octanol–water partition coefficient (Wildman–Crippen LogP) is 4.75. The Bertz CT molecular complexity index is 1020. The molecular weight excluding hydrogens is 394 g/mol. The minimum Gasteiger partial charge on any atom is -0.322 e. The standard InChI is InChI=1S/C24H25N3O2S/c1-18-16-22(30-23(18)21(28)10-9-20-8-5-12-25-17-20)27-15-14-26(24(27)29)13-11-19-6-3-2-4-7-19/h2-8,12,16-17H,9-11,13-15H2,1H3. The van der Waals surface area contributed by atoms with E-state index in [1.54, 1.807) is 17.3 Å². The van der Waals surface area contributed by atoms with Gasteiger partial charge in [-0.2, -0.15) is 0 Å². The summed E-state index contributed by atoms with van der Waals surface area (Å²) in [6.45, 7) is 4.04. The van der Waals surface area contributed by atoms with Crippen molar-refractivity contribution in [3.8, 4) is 0 Å². The van der Waals surface area contributed by atoms with Crippen molar-refractivity contribution >= 4 is 28.2 Å². The summed E-state index contributed by atoms with van der Waals surface area (Å²) in [6.07, 6.45) is 5.50. The van der Waals surface area contributed by atoms with Crippen LogP contribution in [0.2, 0.25) is 0 Å². The van der Waals surface area contributed by atoms with Crippen molar-refractivity contribution < 1.29 is 9.59 Å². The lowest BCUT2D eigenvalue weighted by atomic mass is 10.1. The molecule has 1 aliphatic heterocycles. The van der Waals surface area contributed by atoms with Crippen LogP contribution in [-0.2, 0) is 12.8 Å². The normalized spacial score (nSPS) is 13.8. The Labute approximate surface area is 181 Å². The second-order valence-corrected chi connectivity index (χ2v) is 8.57. The van der Waals surface area contributed by atoms with Gasteiger partial charge in [0, 0.05) is 38.4 Å². The van der Waals surface area contributed by atoms with Crippen LogP contribution in [0.5, 0.6) is 0 Å². The van der Waals surface area contributed by atoms with Gasteiger partial charge in [-0.1, -0.05) is 36.4 Å². The molecular formula is C24H25N3O2S. The molecule has 2 amide bonds. The zero-order chi connectivity index (χ0) is 20.9.